The lowest BCUT2D eigenvalue weighted by atomic mass is 10.1. The molecule has 2 amide bonds. The van der Waals surface area contributed by atoms with E-state index in [1.165, 1.54) is 30.6 Å². The maximum atomic E-state index is 12.2. The van der Waals surface area contributed by atoms with Gasteiger partial charge in [0, 0.05) is 18.3 Å². The molecule has 3 rings (SSSR count). The first-order chi connectivity index (χ1) is 11.5. The average molecular weight is 345 g/mol. The van der Waals surface area contributed by atoms with Crippen molar-refractivity contribution in [2.24, 2.45) is 0 Å². The normalized spacial score (nSPS) is 17.6. The summed E-state index contributed by atoms with van der Waals surface area (Å²) >= 11 is 1.42. The van der Waals surface area contributed by atoms with Crippen LogP contribution in [0.4, 0.5) is 20.7 Å². The number of urea groups is 1. The Morgan fingerprint density at radius 3 is 2.88 bits per heavy atom. The van der Waals surface area contributed by atoms with E-state index in [-0.39, 0.29) is 6.03 Å². The second-order valence-corrected chi connectivity index (χ2v) is 7.21. The zero-order valence-corrected chi connectivity index (χ0v) is 15.1. The summed E-state index contributed by atoms with van der Waals surface area (Å²) in [6.45, 7) is 7.23. The fraction of sp³-hybridized carbons (Fsp3) is 0.471. The molecule has 1 aliphatic heterocycles. The highest BCUT2D eigenvalue weighted by Crippen LogP contribution is 2.29. The van der Waals surface area contributed by atoms with Crippen molar-refractivity contribution in [2.75, 3.05) is 22.1 Å². The molecule has 2 N–H and O–H groups in total. The van der Waals surface area contributed by atoms with Crippen LogP contribution in [0.3, 0.4) is 0 Å². The number of carbonyl (C=O) groups is 1. The van der Waals surface area contributed by atoms with Gasteiger partial charge in [0.1, 0.15) is 0 Å². The molecule has 1 aromatic heterocycles. The maximum absolute atomic E-state index is 12.2. The zero-order valence-electron chi connectivity index (χ0n) is 14.3. The molecule has 1 saturated heterocycles. The van der Waals surface area contributed by atoms with E-state index in [0.717, 1.165) is 28.5 Å². The summed E-state index contributed by atoms with van der Waals surface area (Å²) in [5.74, 6) is 0. The molecule has 1 fully saturated rings. The highest BCUT2D eigenvalue weighted by Gasteiger charge is 2.22. The van der Waals surface area contributed by atoms with Crippen molar-refractivity contribution in [1.29, 1.82) is 0 Å². The molecule has 1 unspecified atom stereocenters. The van der Waals surface area contributed by atoms with E-state index in [0.29, 0.717) is 11.2 Å². The molecular weight excluding hydrogens is 322 g/mol. The van der Waals surface area contributed by atoms with Crippen LogP contribution in [0.5, 0.6) is 0 Å². The molecule has 1 aromatic carbocycles. The molecule has 24 heavy (non-hydrogen) atoms. The van der Waals surface area contributed by atoms with Gasteiger partial charge < -0.3 is 10.2 Å². The Bertz CT molecular complexity index is 730. The van der Waals surface area contributed by atoms with Gasteiger partial charge in [0.2, 0.25) is 10.3 Å². The van der Waals surface area contributed by atoms with Crippen molar-refractivity contribution in [1.82, 2.24) is 10.2 Å². The second kappa shape index (κ2) is 7.17. The van der Waals surface area contributed by atoms with Gasteiger partial charge in [-0.15, -0.1) is 10.2 Å². The summed E-state index contributed by atoms with van der Waals surface area (Å²) in [7, 11) is 0. The maximum Gasteiger partial charge on any atom is 0.325 e. The van der Waals surface area contributed by atoms with Crippen LogP contribution in [0, 0.1) is 13.8 Å². The van der Waals surface area contributed by atoms with E-state index in [4.69, 9.17) is 0 Å². The average Bonchev–Trinajstić information content (AvgIpc) is 3.00. The Kier molecular flexibility index (Phi) is 4.99. The SMILES string of the molecule is Cc1cccc(NC(=O)Nc2nnc(N3CCCCC3C)s2)c1C. The number of hydrogen-bond acceptors (Lipinski definition) is 5. The number of aromatic nitrogens is 2. The molecule has 1 aliphatic rings. The topological polar surface area (TPSA) is 70.1 Å². The lowest BCUT2D eigenvalue weighted by molar-refractivity contribution is 0.262. The monoisotopic (exact) mass is 345 g/mol. The molecule has 2 heterocycles. The summed E-state index contributed by atoms with van der Waals surface area (Å²) < 4.78 is 0. The molecule has 6 nitrogen and oxygen atoms in total. The summed E-state index contributed by atoms with van der Waals surface area (Å²) in [6.07, 6.45) is 3.62. The number of benzene rings is 1. The summed E-state index contributed by atoms with van der Waals surface area (Å²) in [6, 6.07) is 6.03. The van der Waals surface area contributed by atoms with Gasteiger partial charge in [-0.2, -0.15) is 0 Å². The van der Waals surface area contributed by atoms with Gasteiger partial charge in [-0.05, 0) is 57.2 Å². The fourth-order valence-electron chi connectivity index (χ4n) is 2.90. The number of anilines is 3. The lowest BCUT2D eigenvalue weighted by Gasteiger charge is -2.32. The van der Waals surface area contributed by atoms with Gasteiger partial charge >= 0.3 is 6.03 Å². The number of piperidine rings is 1. The first-order valence-corrected chi connectivity index (χ1v) is 9.10. The summed E-state index contributed by atoms with van der Waals surface area (Å²) in [5, 5.41) is 15.4. The first-order valence-electron chi connectivity index (χ1n) is 8.29. The van der Waals surface area contributed by atoms with Crippen LogP contribution in [0.1, 0.15) is 37.3 Å². The Hall–Kier alpha value is -2.15. The van der Waals surface area contributed by atoms with Crippen LogP contribution in [0.15, 0.2) is 18.2 Å². The number of hydrogen-bond donors (Lipinski definition) is 2. The van der Waals surface area contributed by atoms with E-state index in [2.05, 4.69) is 32.7 Å². The Labute approximate surface area is 146 Å². The van der Waals surface area contributed by atoms with Gasteiger partial charge in [-0.3, -0.25) is 5.32 Å². The highest BCUT2D eigenvalue weighted by atomic mass is 32.1. The smallest absolute Gasteiger partial charge is 0.325 e. The number of amides is 2. The zero-order chi connectivity index (χ0) is 17.1. The van der Waals surface area contributed by atoms with Crippen molar-refractivity contribution in [3.63, 3.8) is 0 Å². The van der Waals surface area contributed by atoms with Crippen LogP contribution in [-0.4, -0.2) is 28.8 Å². The van der Waals surface area contributed by atoms with E-state index in [1.807, 2.05) is 32.0 Å². The van der Waals surface area contributed by atoms with E-state index < -0.39 is 0 Å². The van der Waals surface area contributed by atoms with Crippen LogP contribution in [-0.2, 0) is 0 Å². The largest absolute Gasteiger partial charge is 0.344 e. The van der Waals surface area contributed by atoms with Gasteiger partial charge in [-0.1, -0.05) is 23.5 Å². The van der Waals surface area contributed by atoms with Crippen molar-refractivity contribution < 1.29 is 4.79 Å². The third kappa shape index (κ3) is 3.67. The minimum atomic E-state index is -0.293. The molecule has 1 atom stereocenters. The fourth-order valence-corrected chi connectivity index (χ4v) is 3.77. The molecular formula is C17H23N5OS. The van der Waals surface area contributed by atoms with E-state index in [1.54, 1.807) is 0 Å². The molecule has 0 saturated carbocycles. The predicted octanol–water partition coefficient (Wildman–Crippen LogP) is 4.18. The van der Waals surface area contributed by atoms with E-state index >= 15 is 0 Å². The van der Waals surface area contributed by atoms with Crippen molar-refractivity contribution in [2.45, 2.75) is 46.1 Å². The molecule has 0 radical (unpaired) electrons. The number of rotatable bonds is 3. The standard InChI is InChI=1S/C17H23N5OS/c1-11-7-6-9-14(13(11)3)18-15(23)19-16-20-21-17(24-16)22-10-5-4-8-12(22)2/h6-7,9,12H,4-5,8,10H2,1-3H3,(H2,18,19,20,23). The van der Waals surface area contributed by atoms with Crippen molar-refractivity contribution in [3.05, 3.63) is 29.3 Å². The third-order valence-electron chi connectivity index (χ3n) is 4.54. The molecule has 7 heteroatoms. The molecule has 0 spiro atoms. The van der Waals surface area contributed by atoms with Gasteiger partial charge in [-0.25, -0.2) is 4.79 Å². The minimum absolute atomic E-state index is 0.293. The molecule has 0 bridgehead atoms. The predicted molar refractivity (Wildman–Crippen MR) is 99.1 cm³/mol. The summed E-state index contributed by atoms with van der Waals surface area (Å²) in [5.41, 5.74) is 3.01. The van der Waals surface area contributed by atoms with Gasteiger partial charge in [0.05, 0.1) is 0 Å². The number of aryl methyl sites for hydroxylation is 1. The number of carbonyl (C=O) groups excluding carboxylic acids is 1. The number of nitrogens with one attached hydrogen (secondary N) is 2. The Morgan fingerprint density at radius 2 is 2.08 bits per heavy atom. The quantitative estimate of drug-likeness (QED) is 0.875. The first kappa shape index (κ1) is 16.7. The Balaban J connectivity index is 1.64. The van der Waals surface area contributed by atoms with E-state index in [9.17, 15) is 4.79 Å². The Morgan fingerprint density at radius 1 is 1.25 bits per heavy atom. The second-order valence-electron chi connectivity index (χ2n) is 6.25. The molecule has 2 aromatic rings. The summed E-state index contributed by atoms with van der Waals surface area (Å²) in [4.78, 5) is 14.5. The lowest BCUT2D eigenvalue weighted by Crippen LogP contribution is -2.37. The molecule has 0 aliphatic carbocycles. The van der Waals surface area contributed by atoms with Gasteiger partial charge in [0.25, 0.3) is 0 Å². The number of nitrogens with zero attached hydrogens (tertiary/aromatic N) is 3. The minimum Gasteiger partial charge on any atom is -0.344 e. The highest BCUT2D eigenvalue weighted by molar-refractivity contribution is 7.19. The van der Waals surface area contributed by atoms with Crippen LogP contribution < -0.4 is 15.5 Å². The molecule has 128 valence electrons. The van der Waals surface area contributed by atoms with Crippen LogP contribution in [0.25, 0.3) is 0 Å². The van der Waals surface area contributed by atoms with Crippen LogP contribution in [0.2, 0.25) is 0 Å². The van der Waals surface area contributed by atoms with Gasteiger partial charge in [0.15, 0.2) is 0 Å². The third-order valence-corrected chi connectivity index (χ3v) is 5.41. The van der Waals surface area contributed by atoms with Crippen molar-refractivity contribution in [3.8, 4) is 0 Å². The van der Waals surface area contributed by atoms with Crippen LogP contribution >= 0.6 is 11.3 Å². The van der Waals surface area contributed by atoms with Crippen molar-refractivity contribution >= 4 is 33.3 Å².